The number of hydrogen-bond acceptors (Lipinski definition) is 4. The number of ether oxygens (including phenoxy) is 1. The van der Waals surface area contributed by atoms with Crippen LogP contribution in [0.3, 0.4) is 0 Å². The van der Waals surface area contributed by atoms with Crippen LogP contribution in [-0.4, -0.2) is 44.4 Å². The van der Waals surface area contributed by atoms with Gasteiger partial charge in [0.25, 0.3) is 0 Å². The summed E-state index contributed by atoms with van der Waals surface area (Å²) in [6.45, 7) is 3.88. The van der Waals surface area contributed by atoms with Crippen LogP contribution in [-0.2, 0) is 17.6 Å². The first-order valence-corrected chi connectivity index (χ1v) is 8.33. The highest BCUT2D eigenvalue weighted by molar-refractivity contribution is 5.44. The highest BCUT2D eigenvalue weighted by atomic mass is 16.5. The zero-order valence-corrected chi connectivity index (χ0v) is 13.1. The van der Waals surface area contributed by atoms with E-state index in [2.05, 4.69) is 22.3 Å². The standard InChI is InChI=1S/C17H27N3O/c1-21-12-10-18-13-15-6-2-3-11-20(15)17-9-8-14-5-4-7-16(14)19-17/h8-9,15,18H,2-7,10-13H2,1H3. The fraction of sp³-hybridized carbons (Fsp3) is 0.706. The molecule has 0 amide bonds. The van der Waals surface area contributed by atoms with Crippen molar-refractivity contribution in [3.05, 3.63) is 23.4 Å². The first-order chi connectivity index (χ1) is 10.4. The summed E-state index contributed by atoms with van der Waals surface area (Å²) in [5.41, 5.74) is 2.80. The number of hydrogen-bond donors (Lipinski definition) is 1. The molecule has 1 atom stereocenters. The molecule has 1 aliphatic carbocycles. The highest BCUT2D eigenvalue weighted by Gasteiger charge is 2.24. The van der Waals surface area contributed by atoms with Crippen molar-refractivity contribution < 1.29 is 4.74 Å². The minimum absolute atomic E-state index is 0.572. The van der Waals surface area contributed by atoms with Crippen LogP contribution in [0.1, 0.15) is 36.9 Å². The van der Waals surface area contributed by atoms with E-state index >= 15 is 0 Å². The van der Waals surface area contributed by atoms with Gasteiger partial charge < -0.3 is 15.0 Å². The first kappa shape index (κ1) is 14.8. The van der Waals surface area contributed by atoms with Gasteiger partial charge in [0.15, 0.2) is 0 Å². The Morgan fingerprint density at radius 3 is 3.14 bits per heavy atom. The molecule has 1 aromatic heterocycles. The van der Waals surface area contributed by atoms with Crippen LogP contribution >= 0.6 is 0 Å². The van der Waals surface area contributed by atoms with Crippen LogP contribution in [0.5, 0.6) is 0 Å². The number of nitrogens with one attached hydrogen (secondary N) is 1. The number of fused-ring (bicyclic) bond motifs is 1. The zero-order chi connectivity index (χ0) is 14.5. The lowest BCUT2D eigenvalue weighted by Crippen LogP contribution is -2.46. The van der Waals surface area contributed by atoms with Crippen LogP contribution in [0, 0.1) is 0 Å². The van der Waals surface area contributed by atoms with Gasteiger partial charge in [-0.15, -0.1) is 0 Å². The molecular weight excluding hydrogens is 262 g/mol. The Morgan fingerprint density at radius 2 is 2.24 bits per heavy atom. The lowest BCUT2D eigenvalue weighted by atomic mass is 10.0. The summed E-state index contributed by atoms with van der Waals surface area (Å²) in [6, 6.07) is 5.11. The topological polar surface area (TPSA) is 37.4 Å². The molecular formula is C17H27N3O. The van der Waals surface area contributed by atoms with Crippen molar-refractivity contribution in [3.8, 4) is 0 Å². The number of piperidine rings is 1. The number of aromatic nitrogens is 1. The highest BCUT2D eigenvalue weighted by Crippen LogP contribution is 2.27. The number of nitrogens with zero attached hydrogens (tertiary/aromatic N) is 2. The Labute approximate surface area is 127 Å². The summed E-state index contributed by atoms with van der Waals surface area (Å²) >= 11 is 0. The monoisotopic (exact) mass is 289 g/mol. The predicted octanol–water partition coefficient (Wildman–Crippen LogP) is 2.17. The molecule has 1 aromatic rings. The Bertz CT molecular complexity index is 463. The van der Waals surface area contributed by atoms with Crippen LogP contribution in [0.15, 0.2) is 12.1 Å². The number of anilines is 1. The summed E-state index contributed by atoms with van der Waals surface area (Å²) in [4.78, 5) is 7.46. The van der Waals surface area contributed by atoms with Crippen LogP contribution in [0.2, 0.25) is 0 Å². The second kappa shape index (κ2) is 7.23. The largest absolute Gasteiger partial charge is 0.383 e. The first-order valence-electron chi connectivity index (χ1n) is 8.33. The number of aryl methyl sites for hydroxylation is 2. The van der Waals surface area contributed by atoms with Crippen molar-refractivity contribution in [2.45, 2.75) is 44.6 Å². The lowest BCUT2D eigenvalue weighted by molar-refractivity contribution is 0.198. The molecule has 1 fully saturated rings. The number of pyridine rings is 1. The summed E-state index contributed by atoms with van der Waals surface area (Å²) in [7, 11) is 1.75. The van der Waals surface area contributed by atoms with E-state index < -0.39 is 0 Å². The van der Waals surface area contributed by atoms with Crippen LogP contribution < -0.4 is 10.2 Å². The minimum atomic E-state index is 0.572. The summed E-state index contributed by atoms with van der Waals surface area (Å²) < 4.78 is 5.10. The molecule has 0 aromatic carbocycles. The maximum Gasteiger partial charge on any atom is 0.129 e. The number of rotatable bonds is 6. The van der Waals surface area contributed by atoms with Gasteiger partial charge in [0.2, 0.25) is 0 Å². The fourth-order valence-corrected chi connectivity index (χ4v) is 3.53. The van der Waals surface area contributed by atoms with Crippen LogP contribution in [0.4, 0.5) is 5.82 Å². The summed E-state index contributed by atoms with van der Waals surface area (Å²) in [5, 5.41) is 3.51. The lowest BCUT2D eigenvalue weighted by Gasteiger charge is -2.37. The molecule has 0 spiro atoms. The fourth-order valence-electron chi connectivity index (χ4n) is 3.53. The molecule has 4 heteroatoms. The Morgan fingerprint density at radius 1 is 1.29 bits per heavy atom. The van der Waals surface area contributed by atoms with Gasteiger partial charge in [0.1, 0.15) is 5.82 Å². The van der Waals surface area contributed by atoms with Gasteiger partial charge >= 0.3 is 0 Å². The van der Waals surface area contributed by atoms with Crippen molar-refractivity contribution in [2.75, 3.05) is 38.3 Å². The van der Waals surface area contributed by atoms with Crippen molar-refractivity contribution in [2.24, 2.45) is 0 Å². The molecule has 116 valence electrons. The van der Waals surface area contributed by atoms with E-state index in [1.54, 1.807) is 7.11 Å². The molecule has 4 nitrogen and oxygen atoms in total. The quantitative estimate of drug-likeness (QED) is 0.815. The maximum atomic E-state index is 5.10. The average Bonchev–Trinajstić information content (AvgIpc) is 2.99. The van der Waals surface area contributed by atoms with Crippen molar-refractivity contribution >= 4 is 5.82 Å². The van der Waals surface area contributed by atoms with E-state index in [0.717, 1.165) is 32.7 Å². The van der Waals surface area contributed by atoms with E-state index in [4.69, 9.17) is 9.72 Å². The normalized spacial score (nSPS) is 21.6. The molecule has 2 aliphatic rings. The molecule has 0 radical (unpaired) electrons. The van der Waals surface area contributed by atoms with E-state index in [-0.39, 0.29) is 0 Å². The second-order valence-electron chi connectivity index (χ2n) is 6.17. The van der Waals surface area contributed by atoms with E-state index in [9.17, 15) is 0 Å². The van der Waals surface area contributed by atoms with Gasteiger partial charge in [0, 0.05) is 38.5 Å². The van der Waals surface area contributed by atoms with Gasteiger partial charge in [-0.3, -0.25) is 0 Å². The molecule has 3 rings (SSSR count). The SMILES string of the molecule is COCCNCC1CCCCN1c1ccc2c(n1)CCC2. The van der Waals surface area contributed by atoms with Crippen molar-refractivity contribution in [3.63, 3.8) is 0 Å². The minimum Gasteiger partial charge on any atom is -0.383 e. The molecule has 2 heterocycles. The Kier molecular flexibility index (Phi) is 5.09. The van der Waals surface area contributed by atoms with Gasteiger partial charge in [-0.05, 0) is 50.2 Å². The molecule has 1 N–H and O–H groups in total. The molecule has 1 saturated heterocycles. The Balaban J connectivity index is 1.66. The zero-order valence-electron chi connectivity index (χ0n) is 13.1. The summed E-state index contributed by atoms with van der Waals surface area (Å²) in [5.74, 6) is 1.19. The second-order valence-corrected chi connectivity index (χ2v) is 6.17. The third-order valence-electron chi connectivity index (χ3n) is 4.70. The maximum absolute atomic E-state index is 5.10. The van der Waals surface area contributed by atoms with Crippen LogP contribution in [0.25, 0.3) is 0 Å². The Hall–Kier alpha value is -1.13. The van der Waals surface area contributed by atoms with Gasteiger partial charge in [-0.1, -0.05) is 6.07 Å². The number of methoxy groups -OCH3 is 1. The smallest absolute Gasteiger partial charge is 0.129 e. The summed E-state index contributed by atoms with van der Waals surface area (Å²) in [6.07, 6.45) is 7.52. The van der Waals surface area contributed by atoms with E-state index in [1.165, 1.54) is 49.2 Å². The van der Waals surface area contributed by atoms with Crippen molar-refractivity contribution in [1.29, 1.82) is 0 Å². The van der Waals surface area contributed by atoms with E-state index in [0.29, 0.717) is 6.04 Å². The van der Waals surface area contributed by atoms with E-state index in [1.807, 2.05) is 0 Å². The van der Waals surface area contributed by atoms with Crippen molar-refractivity contribution in [1.82, 2.24) is 10.3 Å². The predicted molar refractivity (Wildman–Crippen MR) is 86.0 cm³/mol. The molecule has 21 heavy (non-hydrogen) atoms. The molecule has 1 aliphatic heterocycles. The molecule has 0 saturated carbocycles. The molecule has 0 bridgehead atoms. The molecule has 1 unspecified atom stereocenters. The third kappa shape index (κ3) is 3.55. The van der Waals surface area contributed by atoms with Gasteiger partial charge in [-0.2, -0.15) is 0 Å². The van der Waals surface area contributed by atoms with Gasteiger partial charge in [0.05, 0.1) is 6.61 Å². The van der Waals surface area contributed by atoms with Gasteiger partial charge in [-0.25, -0.2) is 4.98 Å². The third-order valence-corrected chi connectivity index (χ3v) is 4.70. The average molecular weight is 289 g/mol.